The molecular weight excluding hydrogens is 408 g/mol. The first-order valence-corrected chi connectivity index (χ1v) is 12.2. The molecular formula is C26H42O6. The van der Waals surface area contributed by atoms with Gasteiger partial charge in [0.2, 0.25) is 0 Å². The van der Waals surface area contributed by atoms with Gasteiger partial charge in [0.05, 0.1) is 24.9 Å². The Morgan fingerprint density at radius 1 is 0.969 bits per heavy atom. The van der Waals surface area contributed by atoms with Crippen LogP contribution >= 0.6 is 0 Å². The lowest BCUT2D eigenvalue weighted by Gasteiger charge is -2.65. The first kappa shape index (κ1) is 25.2. The van der Waals surface area contributed by atoms with Crippen molar-refractivity contribution >= 4 is 11.9 Å². The Morgan fingerprint density at radius 2 is 1.59 bits per heavy atom. The Balaban J connectivity index is 0.000000182. The fourth-order valence-electron chi connectivity index (χ4n) is 6.74. The van der Waals surface area contributed by atoms with Crippen LogP contribution in [0.25, 0.3) is 0 Å². The minimum Gasteiger partial charge on any atom is -0.466 e. The van der Waals surface area contributed by atoms with Gasteiger partial charge < -0.3 is 19.7 Å². The molecule has 6 atom stereocenters. The van der Waals surface area contributed by atoms with Gasteiger partial charge in [0, 0.05) is 26.7 Å². The summed E-state index contributed by atoms with van der Waals surface area (Å²) in [5.74, 6) is 1.74. The number of rotatable bonds is 6. The van der Waals surface area contributed by atoms with Crippen LogP contribution in [0.4, 0.5) is 0 Å². The number of fused-ring (bicyclic) bond motifs is 3. The van der Waals surface area contributed by atoms with Crippen LogP contribution in [-0.2, 0) is 19.1 Å². The van der Waals surface area contributed by atoms with Gasteiger partial charge in [-0.25, -0.2) is 0 Å². The zero-order valence-electron chi connectivity index (χ0n) is 20.6. The van der Waals surface area contributed by atoms with Crippen LogP contribution in [0.3, 0.4) is 0 Å². The van der Waals surface area contributed by atoms with E-state index < -0.39 is 11.7 Å². The molecule has 0 aromatic heterocycles. The number of aliphatic hydroxyl groups is 2. The topological polar surface area (TPSA) is 93.1 Å². The molecule has 182 valence electrons. The summed E-state index contributed by atoms with van der Waals surface area (Å²) < 4.78 is 9.88. The molecule has 0 amide bonds. The second-order valence-electron chi connectivity index (χ2n) is 11.6. The van der Waals surface area contributed by atoms with E-state index in [-0.39, 0.29) is 29.9 Å². The second-order valence-corrected chi connectivity index (χ2v) is 11.6. The lowest BCUT2D eigenvalue weighted by atomic mass is 9.43. The van der Waals surface area contributed by atoms with Crippen LogP contribution in [0.5, 0.6) is 0 Å². The number of hydrogen-bond acceptors (Lipinski definition) is 6. The molecule has 4 bridgehead atoms. The number of aliphatic hydroxyl groups excluding tert-OH is 1. The highest BCUT2D eigenvalue weighted by atomic mass is 16.5. The molecule has 4 saturated carbocycles. The number of esters is 2. The van der Waals surface area contributed by atoms with Crippen molar-refractivity contribution in [2.75, 3.05) is 13.2 Å². The molecule has 0 aromatic rings. The van der Waals surface area contributed by atoms with E-state index in [1.165, 1.54) is 32.3 Å². The molecule has 6 aliphatic carbocycles. The summed E-state index contributed by atoms with van der Waals surface area (Å²) in [5, 5.41) is 20.7. The third-order valence-electron chi connectivity index (χ3n) is 9.25. The summed E-state index contributed by atoms with van der Waals surface area (Å²) in [6.07, 6.45) is 7.14. The third-order valence-corrected chi connectivity index (χ3v) is 9.25. The zero-order chi connectivity index (χ0) is 23.9. The minimum absolute atomic E-state index is 0.0875. The third kappa shape index (κ3) is 4.63. The number of carbonyl (C=O) groups is 2. The average molecular weight is 451 g/mol. The normalized spacial score (nSPS) is 37.5. The number of carbonyl (C=O) groups excluding carboxylic acids is 2. The van der Waals surface area contributed by atoms with E-state index in [0.29, 0.717) is 30.8 Å². The van der Waals surface area contributed by atoms with Crippen LogP contribution in [0.1, 0.15) is 80.1 Å². The summed E-state index contributed by atoms with van der Waals surface area (Å²) in [5.41, 5.74) is 1.00. The molecule has 5 unspecified atom stereocenters. The summed E-state index contributed by atoms with van der Waals surface area (Å²) in [7, 11) is 0. The molecule has 0 aromatic carbocycles. The van der Waals surface area contributed by atoms with Crippen molar-refractivity contribution in [3.8, 4) is 0 Å². The Morgan fingerprint density at radius 3 is 2.12 bits per heavy atom. The molecule has 0 heterocycles. The van der Waals surface area contributed by atoms with Gasteiger partial charge in [0.15, 0.2) is 0 Å². The van der Waals surface area contributed by atoms with Gasteiger partial charge in [-0.1, -0.05) is 39.3 Å². The summed E-state index contributed by atoms with van der Waals surface area (Å²) in [6.45, 7) is 12.6. The molecule has 6 heteroatoms. The first-order chi connectivity index (χ1) is 14.8. The molecule has 6 aliphatic rings. The summed E-state index contributed by atoms with van der Waals surface area (Å²) in [6, 6.07) is 0. The quantitative estimate of drug-likeness (QED) is 0.469. The maximum atomic E-state index is 10.7. The van der Waals surface area contributed by atoms with Crippen molar-refractivity contribution in [1.29, 1.82) is 0 Å². The predicted molar refractivity (Wildman–Crippen MR) is 122 cm³/mol. The van der Waals surface area contributed by atoms with Gasteiger partial charge in [0.25, 0.3) is 0 Å². The van der Waals surface area contributed by atoms with Crippen LogP contribution in [-0.4, -0.2) is 47.1 Å². The predicted octanol–water partition coefficient (Wildman–Crippen LogP) is 4.03. The average Bonchev–Trinajstić information content (AvgIpc) is 2.69. The SMILES string of the molecule is CC(=O)OCCC1=CCC2CC1C2(C)C.CC(=O)OCC[C@]1(O)C(O)CC2CC1C2(C)C. The van der Waals surface area contributed by atoms with Crippen LogP contribution < -0.4 is 0 Å². The number of ether oxygens (including phenoxy) is 2. The summed E-state index contributed by atoms with van der Waals surface area (Å²) >= 11 is 0. The molecule has 2 N–H and O–H groups in total. The smallest absolute Gasteiger partial charge is 0.302 e. The first-order valence-electron chi connectivity index (χ1n) is 12.2. The van der Waals surface area contributed by atoms with Gasteiger partial charge in [-0.3, -0.25) is 9.59 Å². The molecule has 0 aliphatic heterocycles. The lowest BCUT2D eigenvalue weighted by Crippen LogP contribution is -2.67. The fraction of sp³-hybridized carbons (Fsp3) is 0.846. The molecule has 6 rings (SSSR count). The van der Waals surface area contributed by atoms with Crippen molar-refractivity contribution in [3.63, 3.8) is 0 Å². The van der Waals surface area contributed by atoms with Gasteiger partial charge >= 0.3 is 11.9 Å². The molecule has 0 spiro atoms. The maximum absolute atomic E-state index is 10.7. The molecule has 32 heavy (non-hydrogen) atoms. The molecule has 0 radical (unpaired) electrons. The summed E-state index contributed by atoms with van der Waals surface area (Å²) in [4.78, 5) is 21.4. The molecule has 0 saturated heterocycles. The Kier molecular flexibility index (Phi) is 7.17. The fourth-order valence-corrected chi connectivity index (χ4v) is 6.74. The van der Waals surface area contributed by atoms with Crippen LogP contribution in [0, 0.1) is 34.5 Å². The Hall–Kier alpha value is -1.40. The van der Waals surface area contributed by atoms with Crippen LogP contribution in [0.15, 0.2) is 11.6 Å². The van der Waals surface area contributed by atoms with E-state index >= 15 is 0 Å². The van der Waals surface area contributed by atoms with Crippen molar-refractivity contribution in [1.82, 2.24) is 0 Å². The van der Waals surface area contributed by atoms with Gasteiger partial charge in [0.1, 0.15) is 0 Å². The van der Waals surface area contributed by atoms with Gasteiger partial charge in [-0.15, -0.1) is 0 Å². The van der Waals surface area contributed by atoms with E-state index in [4.69, 9.17) is 9.47 Å². The van der Waals surface area contributed by atoms with Gasteiger partial charge in [-0.2, -0.15) is 0 Å². The molecule has 6 nitrogen and oxygen atoms in total. The highest BCUT2D eigenvalue weighted by Crippen LogP contribution is 2.63. The number of allylic oxidation sites excluding steroid dienone is 1. The molecule has 4 fully saturated rings. The van der Waals surface area contributed by atoms with E-state index in [9.17, 15) is 19.8 Å². The van der Waals surface area contributed by atoms with E-state index in [1.54, 1.807) is 0 Å². The largest absolute Gasteiger partial charge is 0.466 e. The van der Waals surface area contributed by atoms with Crippen molar-refractivity contribution < 1.29 is 29.3 Å². The monoisotopic (exact) mass is 450 g/mol. The number of hydrogen-bond donors (Lipinski definition) is 2. The van der Waals surface area contributed by atoms with Crippen molar-refractivity contribution in [2.45, 2.75) is 91.8 Å². The van der Waals surface area contributed by atoms with Crippen molar-refractivity contribution in [3.05, 3.63) is 11.6 Å². The second kappa shape index (κ2) is 9.09. The standard InChI is InChI=1S/C13H22O4.C13H20O2/c1-8(14)17-5-4-13(16)10-6-9(7-11(13)15)12(10,2)3;1-9(14)15-7-6-10-4-5-11-8-12(10)13(11,2)3/h9-11,15-16H,4-7H2,1-3H3;4,11-12H,5-8H2,1-3H3/t9?,10?,11?,13-;/m1./s1. The van der Waals surface area contributed by atoms with E-state index in [0.717, 1.165) is 24.7 Å². The Labute approximate surface area is 192 Å². The minimum atomic E-state index is -1.09. The van der Waals surface area contributed by atoms with Gasteiger partial charge in [-0.05, 0) is 60.2 Å². The van der Waals surface area contributed by atoms with Crippen LogP contribution in [0.2, 0.25) is 0 Å². The highest BCUT2D eigenvalue weighted by Gasteiger charge is 2.64. The van der Waals surface area contributed by atoms with Crippen molar-refractivity contribution in [2.24, 2.45) is 34.5 Å². The highest BCUT2D eigenvalue weighted by molar-refractivity contribution is 5.66. The van der Waals surface area contributed by atoms with E-state index in [2.05, 4.69) is 33.8 Å². The lowest BCUT2D eigenvalue weighted by molar-refractivity contribution is -0.258. The Bertz CT molecular complexity index is 753. The zero-order valence-corrected chi connectivity index (χ0v) is 20.6. The van der Waals surface area contributed by atoms with E-state index in [1.807, 2.05) is 0 Å². The maximum Gasteiger partial charge on any atom is 0.302 e.